The molecule has 0 amide bonds. The number of aromatic carboxylic acids is 1. The smallest absolute Gasteiger partial charge is 0.337 e. The first kappa shape index (κ1) is 12.1. The van der Waals surface area contributed by atoms with E-state index in [-0.39, 0.29) is 0 Å². The molecule has 1 N–H and O–H groups in total. The van der Waals surface area contributed by atoms with Gasteiger partial charge in [0.2, 0.25) is 0 Å². The molecule has 1 atom stereocenters. The summed E-state index contributed by atoms with van der Waals surface area (Å²) in [4.78, 5) is 15.7. The first-order chi connectivity index (χ1) is 10.2. The van der Waals surface area contributed by atoms with Crippen molar-refractivity contribution < 1.29 is 9.90 Å². The average molecular weight is 278 g/mol. The fourth-order valence-corrected chi connectivity index (χ4v) is 3.20. The lowest BCUT2D eigenvalue weighted by molar-refractivity contribution is 0.0698. The van der Waals surface area contributed by atoms with Crippen LogP contribution in [0.4, 0.5) is 0 Å². The number of rotatable bonds is 3. The number of imidazole rings is 1. The van der Waals surface area contributed by atoms with Crippen LogP contribution in [0.2, 0.25) is 0 Å². The Balaban J connectivity index is 1.74. The highest BCUT2D eigenvalue weighted by atomic mass is 16.4. The lowest BCUT2D eigenvalue weighted by Crippen LogP contribution is -2.21. The number of benzene rings is 2. The number of hydrogen-bond acceptors (Lipinski definition) is 2. The standard InChI is InChI=1S/C17H14N2O2/c20-17(21)14-6-3-7-15-16(14)19(10-18-15)9-12-8-11-4-1-2-5-13(11)12/h1-7,10,12H,8-9H2,(H,20,21). The van der Waals surface area contributed by atoms with Crippen molar-refractivity contribution in [2.75, 3.05) is 0 Å². The van der Waals surface area contributed by atoms with Gasteiger partial charge >= 0.3 is 5.97 Å². The predicted octanol–water partition coefficient (Wildman–Crippen LogP) is 3.07. The van der Waals surface area contributed by atoms with Gasteiger partial charge in [-0.1, -0.05) is 30.3 Å². The number of nitrogens with zero attached hydrogens (tertiary/aromatic N) is 2. The van der Waals surface area contributed by atoms with Crippen LogP contribution in [0.15, 0.2) is 48.8 Å². The zero-order valence-electron chi connectivity index (χ0n) is 11.4. The van der Waals surface area contributed by atoms with Crippen LogP contribution in [0.1, 0.15) is 27.4 Å². The van der Waals surface area contributed by atoms with E-state index in [4.69, 9.17) is 0 Å². The minimum absolute atomic E-state index is 0.317. The van der Waals surface area contributed by atoms with Crippen molar-refractivity contribution in [2.24, 2.45) is 0 Å². The lowest BCUT2D eigenvalue weighted by atomic mass is 9.77. The van der Waals surface area contributed by atoms with Crippen molar-refractivity contribution in [3.63, 3.8) is 0 Å². The molecule has 1 aliphatic rings. The van der Waals surface area contributed by atoms with Crippen molar-refractivity contribution in [3.05, 3.63) is 65.5 Å². The topological polar surface area (TPSA) is 55.1 Å². The monoisotopic (exact) mass is 278 g/mol. The van der Waals surface area contributed by atoms with Gasteiger partial charge in [-0.2, -0.15) is 0 Å². The SMILES string of the molecule is O=C(O)c1cccc2ncn(CC3Cc4ccccc43)c12. The third-order valence-electron chi connectivity index (χ3n) is 4.25. The van der Waals surface area contributed by atoms with E-state index in [1.54, 1.807) is 18.5 Å². The fourth-order valence-electron chi connectivity index (χ4n) is 3.20. The van der Waals surface area contributed by atoms with Crippen molar-refractivity contribution in [1.82, 2.24) is 9.55 Å². The highest BCUT2D eigenvalue weighted by Crippen LogP contribution is 2.36. The summed E-state index contributed by atoms with van der Waals surface area (Å²) in [5.41, 5.74) is 4.53. The lowest BCUT2D eigenvalue weighted by Gasteiger charge is -2.30. The Hall–Kier alpha value is -2.62. The molecule has 1 aromatic heterocycles. The molecule has 4 heteroatoms. The largest absolute Gasteiger partial charge is 0.478 e. The summed E-state index contributed by atoms with van der Waals surface area (Å²) >= 11 is 0. The maximum Gasteiger partial charge on any atom is 0.337 e. The molecule has 0 radical (unpaired) electrons. The van der Waals surface area contributed by atoms with E-state index in [0.29, 0.717) is 11.5 Å². The van der Waals surface area contributed by atoms with E-state index in [1.807, 2.05) is 10.6 Å². The van der Waals surface area contributed by atoms with Crippen LogP contribution in [-0.2, 0) is 13.0 Å². The molecule has 21 heavy (non-hydrogen) atoms. The second kappa shape index (κ2) is 4.45. The minimum Gasteiger partial charge on any atom is -0.478 e. The Morgan fingerprint density at radius 2 is 2.10 bits per heavy atom. The van der Waals surface area contributed by atoms with Gasteiger partial charge < -0.3 is 9.67 Å². The summed E-state index contributed by atoms with van der Waals surface area (Å²) in [6.07, 6.45) is 2.79. The van der Waals surface area contributed by atoms with Crippen LogP contribution in [0.3, 0.4) is 0 Å². The Morgan fingerprint density at radius 1 is 1.24 bits per heavy atom. The molecule has 4 nitrogen and oxygen atoms in total. The quantitative estimate of drug-likeness (QED) is 0.801. The van der Waals surface area contributed by atoms with Crippen molar-refractivity contribution in [1.29, 1.82) is 0 Å². The highest BCUT2D eigenvalue weighted by Gasteiger charge is 2.26. The van der Waals surface area contributed by atoms with Crippen LogP contribution in [-0.4, -0.2) is 20.6 Å². The molecule has 0 saturated heterocycles. The molecule has 104 valence electrons. The Bertz CT molecular complexity index is 851. The number of aromatic nitrogens is 2. The summed E-state index contributed by atoms with van der Waals surface area (Å²) in [7, 11) is 0. The van der Waals surface area contributed by atoms with E-state index in [1.165, 1.54) is 11.1 Å². The van der Waals surface area contributed by atoms with E-state index in [0.717, 1.165) is 24.0 Å². The summed E-state index contributed by atoms with van der Waals surface area (Å²) in [5, 5.41) is 9.35. The van der Waals surface area contributed by atoms with Crippen LogP contribution < -0.4 is 0 Å². The predicted molar refractivity (Wildman–Crippen MR) is 79.6 cm³/mol. The van der Waals surface area contributed by atoms with Gasteiger partial charge in [-0.3, -0.25) is 0 Å². The first-order valence-corrected chi connectivity index (χ1v) is 6.99. The third kappa shape index (κ3) is 1.83. The molecule has 0 spiro atoms. The molecule has 2 aromatic carbocycles. The zero-order valence-corrected chi connectivity index (χ0v) is 11.4. The van der Waals surface area contributed by atoms with E-state index < -0.39 is 5.97 Å². The van der Waals surface area contributed by atoms with E-state index in [2.05, 4.69) is 29.2 Å². The maximum atomic E-state index is 11.4. The number of fused-ring (bicyclic) bond motifs is 2. The fraction of sp³-hybridized carbons (Fsp3) is 0.176. The highest BCUT2D eigenvalue weighted by molar-refractivity contribution is 6.01. The Labute approximate surface area is 121 Å². The molecule has 0 aliphatic heterocycles. The number of para-hydroxylation sites is 1. The summed E-state index contributed by atoms with van der Waals surface area (Å²) in [6, 6.07) is 13.7. The van der Waals surface area contributed by atoms with Crippen LogP contribution in [0, 0.1) is 0 Å². The van der Waals surface area contributed by atoms with Gasteiger partial charge in [-0.15, -0.1) is 0 Å². The van der Waals surface area contributed by atoms with Gasteiger partial charge in [-0.05, 0) is 29.7 Å². The normalized spacial score (nSPS) is 16.5. The molecular formula is C17H14N2O2. The minimum atomic E-state index is -0.906. The first-order valence-electron chi connectivity index (χ1n) is 6.99. The van der Waals surface area contributed by atoms with Crippen LogP contribution in [0.5, 0.6) is 0 Å². The van der Waals surface area contributed by atoms with Gasteiger partial charge in [0.25, 0.3) is 0 Å². The van der Waals surface area contributed by atoms with Crippen molar-refractivity contribution in [3.8, 4) is 0 Å². The number of hydrogen-bond donors (Lipinski definition) is 1. The molecule has 3 aromatic rings. The third-order valence-corrected chi connectivity index (χ3v) is 4.25. The van der Waals surface area contributed by atoms with Crippen LogP contribution >= 0.6 is 0 Å². The Kier molecular flexibility index (Phi) is 2.57. The Morgan fingerprint density at radius 3 is 2.90 bits per heavy atom. The molecule has 0 bridgehead atoms. The second-order valence-electron chi connectivity index (χ2n) is 5.48. The summed E-state index contributed by atoms with van der Waals surface area (Å²) in [5.74, 6) is -0.461. The van der Waals surface area contributed by atoms with Gasteiger partial charge in [0.15, 0.2) is 0 Å². The van der Waals surface area contributed by atoms with Crippen molar-refractivity contribution >= 4 is 17.0 Å². The van der Waals surface area contributed by atoms with E-state index in [9.17, 15) is 9.90 Å². The summed E-state index contributed by atoms with van der Waals surface area (Å²) < 4.78 is 1.97. The zero-order chi connectivity index (χ0) is 14.4. The second-order valence-corrected chi connectivity index (χ2v) is 5.48. The van der Waals surface area contributed by atoms with Gasteiger partial charge in [0.1, 0.15) is 0 Å². The van der Waals surface area contributed by atoms with Gasteiger partial charge in [0, 0.05) is 12.5 Å². The number of carboxylic acids is 1. The van der Waals surface area contributed by atoms with Crippen LogP contribution in [0.25, 0.3) is 11.0 Å². The molecule has 0 fully saturated rings. The number of carbonyl (C=O) groups is 1. The molecule has 4 rings (SSSR count). The molecule has 1 heterocycles. The molecular weight excluding hydrogens is 264 g/mol. The summed E-state index contributed by atoms with van der Waals surface area (Å²) in [6.45, 7) is 0.776. The van der Waals surface area contributed by atoms with Gasteiger partial charge in [-0.25, -0.2) is 9.78 Å². The molecule has 1 unspecified atom stereocenters. The van der Waals surface area contributed by atoms with E-state index >= 15 is 0 Å². The number of carboxylic acid groups (broad SMARTS) is 1. The molecule has 0 saturated carbocycles. The van der Waals surface area contributed by atoms with Gasteiger partial charge in [0.05, 0.1) is 22.9 Å². The molecule has 1 aliphatic carbocycles. The maximum absolute atomic E-state index is 11.4. The average Bonchev–Trinajstić information content (AvgIpc) is 2.88. The van der Waals surface area contributed by atoms with Crippen molar-refractivity contribution in [2.45, 2.75) is 18.9 Å².